The fourth-order valence-corrected chi connectivity index (χ4v) is 2.35. The largest absolute Gasteiger partial charge is 0.545 e. The molecule has 0 saturated carbocycles. The number of thiophene rings is 1. The highest BCUT2D eigenvalue weighted by Crippen LogP contribution is 2.27. The zero-order chi connectivity index (χ0) is 13.0. The van der Waals surface area contributed by atoms with E-state index in [-0.39, 0.29) is 11.5 Å². The number of amides is 1. The third kappa shape index (κ3) is 3.83. The molecular weight excluding hydrogens is 240 g/mol. The number of carbonyl (C=O) groups is 2. The highest BCUT2D eigenvalue weighted by molar-refractivity contribution is 7.16. The molecule has 0 radical (unpaired) electrons. The number of carbonyl (C=O) groups excluding carboxylic acids is 2. The number of carboxylic acids is 1. The van der Waals surface area contributed by atoms with Crippen LogP contribution in [0.3, 0.4) is 0 Å². The molecule has 1 amide bonds. The van der Waals surface area contributed by atoms with Crippen molar-refractivity contribution >= 4 is 28.2 Å². The van der Waals surface area contributed by atoms with Crippen LogP contribution < -0.4 is 15.3 Å². The van der Waals surface area contributed by atoms with Gasteiger partial charge in [0, 0.05) is 10.4 Å². The van der Waals surface area contributed by atoms with Crippen molar-refractivity contribution in [2.75, 3.05) is 26.0 Å². The van der Waals surface area contributed by atoms with Crippen LogP contribution in [0.15, 0.2) is 6.07 Å². The Bertz CT molecular complexity index is 426. The van der Waals surface area contributed by atoms with E-state index in [0.29, 0.717) is 11.5 Å². The molecule has 0 unspecified atom stereocenters. The summed E-state index contributed by atoms with van der Waals surface area (Å²) in [5.74, 6) is -1.45. The van der Waals surface area contributed by atoms with E-state index in [4.69, 9.17) is 0 Å². The summed E-state index contributed by atoms with van der Waals surface area (Å²) in [7, 11) is 3.70. The lowest BCUT2D eigenvalue weighted by atomic mass is 10.2. The zero-order valence-corrected chi connectivity index (χ0v) is 10.9. The van der Waals surface area contributed by atoms with Crippen LogP contribution in [0.2, 0.25) is 0 Å². The molecule has 0 atom stereocenters. The summed E-state index contributed by atoms with van der Waals surface area (Å²) < 4.78 is 0. The summed E-state index contributed by atoms with van der Waals surface area (Å²) in [6.45, 7) is 2.23. The van der Waals surface area contributed by atoms with Crippen molar-refractivity contribution < 1.29 is 19.6 Å². The number of likely N-dealkylation sites (N-methyl/N-ethyl adjacent to an activating group) is 1. The van der Waals surface area contributed by atoms with Crippen LogP contribution in [-0.4, -0.2) is 32.5 Å². The van der Waals surface area contributed by atoms with E-state index < -0.39 is 5.97 Å². The summed E-state index contributed by atoms with van der Waals surface area (Å²) in [4.78, 5) is 24.3. The van der Waals surface area contributed by atoms with Gasteiger partial charge in [0.25, 0.3) is 5.91 Å². The lowest BCUT2D eigenvalue weighted by Crippen LogP contribution is -3.06. The van der Waals surface area contributed by atoms with E-state index >= 15 is 0 Å². The Morgan fingerprint density at radius 3 is 2.59 bits per heavy atom. The average Bonchev–Trinajstić information content (AvgIpc) is 2.59. The third-order valence-electron chi connectivity index (χ3n) is 2.12. The fraction of sp³-hybridized carbons (Fsp3) is 0.455. The van der Waals surface area contributed by atoms with Gasteiger partial charge in [0.2, 0.25) is 0 Å². The number of hydrogen-bond acceptors (Lipinski definition) is 4. The zero-order valence-electron chi connectivity index (χ0n) is 10.1. The van der Waals surface area contributed by atoms with Gasteiger partial charge >= 0.3 is 0 Å². The first-order chi connectivity index (χ1) is 7.93. The van der Waals surface area contributed by atoms with Gasteiger partial charge in [-0.05, 0) is 12.5 Å². The Balaban J connectivity index is 2.85. The second-order valence-corrected chi connectivity index (χ2v) is 5.17. The summed E-state index contributed by atoms with van der Waals surface area (Å²) in [6.07, 6.45) is 0.736. The fourth-order valence-electron chi connectivity index (χ4n) is 1.35. The molecule has 0 spiro atoms. The number of quaternary nitrogens is 1. The molecule has 2 N–H and O–H groups in total. The molecular formula is C11H16N2O3S. The van der Waals surface area contributed by atoms with Crippen LogP contribution in [-0.2, 0) is 11.2 Å². The van der Waals surface area contributed by atoms with Crippen LogP contribution in [0.4, 0.5) is 5.00 Å². The normalized spacial score (nSPS) is 10.6. The molecule has 0 aliphatic rings. The van der Waals surface area contributed by atoms with E-state index in [2.05, 4.69) is 5.32 Å². The number of aryl methyl sites for hydroxylation is 1. The summed E-state index contributed by atoms with van der Waals surface area (Å²) in [6, 6.07) is 1.55. The van der Waals surface area contributed by atoms with Crippen LogP contribution >= 0.6 is 11.3 Å². The van der Waals surface area contributed by atoms with Gasteiger partial charge in [-0.2, -0.15) is 0 Å². The monoisotopic (exact) mass is 256 g/mol. The molecule has 0 aromatic carbocycles. The van der Waals surface area contributed by atoms with Crippen LogP contribution in [0.25, 0.3) is 0 Å². The summed E-state index contributed by atoms with van der Waals surface area (Å²) >= 11 is 1.28. The Labute approximate surface area is 104 Å². The third-order valence-corrected chi connectivity index (χ3v) is 3.31. The Morgan fingerprint density at radius 1 is 1.47 bits per heavy atom. The molecule has 0 aliphatic heterocycles. The molecule has 1 rings (SSSR count). The highest BCUT2D eigenvalue weighted by atomic mass is 32.1. The van der Waals surface area contributed by atoms with Crippen molar-refractivity contribution in [3.63, 3.8) is 0 Å². The summed E-state index contributed by atoms with van der Waals surface area (Å²) in [5, 5.41) is 13.9. The van der Waals surface area contributed by atoms with Gasteiger partial charge in [-0.3, -0.25) is 4.79 Å². The molecule has 1 aromatic rings. The smallest absolute Gasteiger partial charge is 0.280 e. The Kier molecular flexibility index (Phi) is 4.65. The molecule has 0 aliphatic carbocycles. The predicted octanol–water partition coefficient (Wildman–Crippen LogP) is -1.24. The van der Waals surface area contributed by atoms with Gasteiger partial charge in [-0.1, -0.05) is 6.92 Å². The summed E-state index contributed by atoms with van der Waals surface area (Å²) in [5.41, 5.74) is 0.0638. The SMILES string of the molecule is CCc1cc(C(=O)[O-])c(NC(=O)C[NH+](C)C)s1. The number of nitrogens with one attached hydrogen (secondary N) is 2. The van der Waals surface area contributed by atoms with Crippen molar-refractivity contribution in [2.45, 2.75) is 13.3 Å². The van der Waals surface area contributed by atoms with Crippen molar-refractivity contribution in [3.05, 3.63) is 16.5 Å². The molecule has 5 nitrogen and oxygen atoms in total. The minimum Gasteiger partial charge on any atom is -0.545 e. The predicted molar refractivity (Wildman–Crippen MR) is 64.3 cm³/mol. The van der Waals surface area contributed by atoms with E-state index in [1.165, 1.54) is 11.3 Å². The van der Waals surface area contributed by atoms with E-state index in [9.17, 15) is 14.7 Å². The quantitative estimate of drug-likeness (QED) is 0.692. The maximum Gasteiger partial charge on any atom is 0.280 e. The lowest BCUT2D eigenvalue weighted by Gasteiger charge is -2.08. The molecule has 94 valence electrons. The Hall–Kier alpha value is -1.40. The highest BCUT2D eigenvalue weighted by Gasteiger charge is 2.13. The van der Waals surface area contributed by atoms with Crippen LogP contribution in [0, 0.1) is 0 Å². The van der Waals surface area contributed by atoms with Gasteiger partial charge in [0.15, 0.2) is 6.54 Å². The maximum atomic E-state index is 11.6. The number of rotatable bonds is 5. The van der Waals surface area contributed by atoms with E-state index in [1.54, 1.807) is 6.07 Å². The van der Waals surface area contributed by atoms with E-state index in [1.807, 2.05) is 21.0 Å². The first-order valence-corrected chi connectivity index (χ1v) is 6.18. The van der Waals surface area contributed by atoms with Gasteiger partial charge in [-0.25, -0.2) is 0 Å². The minimum absolute atomic E-state index is 0.0638. The number of aromatic carboxylic acids is 1. The standard InChI is InChI=1S/C11H16N2O3S/c1-4-7-5-8(11(15)16)10(17-7)12-9(14)6-13(2)3/h5H,4,6H2,1-3H3,(H,12,14)(H,15,16). The number of hydrogen-bond donors (Lipinski definition) is 2. The van der Waals surface area contributed by atoms with Crippen molar-refractivity contribution in [2.24, 2.45) is 0 Å². The van der Waals surface area contributed by atoms with Gasteiger partial charge in [0.05, 0.1) is 20.1 Å². The molecule has 17 heavy (non-hydrogen) atoms. The van der Waals surface area contributed by atoms with Crippen LogP contribution in [0.1, 0.15) is 22.2 Å². The topological polar surface area (TPSA) is 73.7 Å². The molecule has 1 heterocycles. The molecule has 6 heteroatoms. The van der Waals surface area contributed by atoms with Gasteiger partial charge < -0.3 is 20.1 Å². The molecule has 0 fully saturated rings. The maximum absolute atomic E-state index is 11.6. The first-order valence-electron chi connectivity index (χ1n) is 5.37. The van der Waals surface area contributed by atoms with Crippen molar-refractivity contribution in [3.8, 4) is 0 Å². The Morgan fingerprint density at radius 2 is 2.12 bits per heavy atom. The minimum atomic E-state index is -1.26. The lowest BCUT2D eigenvalue weighted by molar-refractivity contribution is -0.849. The van der Waals surface area contributed by atoms with Gasteiger partial charge in [-0.15, -0.1) is 11.3 Å². The van der Waals surface area contributed by atoms with Gasteiger partial charge in [0.1, 0.15) is 5.00 Å². The van der Waals surface area contributed by atoms with Crippen molar-refractivity contribution in [1.29, 1.82) is 0 Å². The average molecular weight is 256 g/mol. The number of carboxylic acid groups (broad SMARTS) is 1. The van der Waals surface area contributed by atoms with Crippen LogP contribution in [0.5, 0.6) is 0 Å². The molecule has 0 bridgehead atoms. The van der Waals surface area contributed by atoms with Crippen molar-refractivity contribution in [1.82, 2.24) is 0 Å². The number of anilines is 1. The van der Waals surface area contributed by atoms with E-state index in [0.717, 1.165) is 16.2 Å². The first kappa shape index (κ1) is 13.7. The molecule has 0 saturated heterocycles. The second-order valence-electron chi connectivity index (χ2n) is 4.03. The second kappa shape index (κ2) is 5.79. The molecule has 1 aromatic heterocycles.